The second kappa shape index (κ2) is 7.17. The minimum absolute atomic E-state index is 0.135. The smallest absolute Gasteiger partial charge is 0.330 e. The SMILES string of the molecule is O=C(C=Cc1ccccc1)c1cccc(-n2c(-c3ccco3)c[nH]c2=O)c1. The third kappa shape index (κ3) is 3.43. The van der Waals surface area contributed by atoms with Gasteiger partial charge in [-0.25, -0.2) is 4.79 Å². The zero-order valence-electron chi connectivity index (χ0n) is 14.3. The Morgan fingerprint density at radius 3 is 2.63 bits per heavy atom. The average molecular weight is 356 g/mol. The first-order valence-electron chi connectivity index (χ1n) is 8.44. The number of carbonyl (C=O) groups is 1. The number of benzene rings is 2. The van der Waals surface area contributed by atoms with Crippen LogP contribution in [0.4, 0.5) is 0 Å². The topological polar surface area (TPSA) is 68.0 Å². The van der Waals surface area contributed by atoms with Crippen LogP contribution in [0.3, 0.4) is 0 Å². The van der Waals surface area contributed by atoms with Gasteiger partial charge < -0.3 is 9.40 Å². The summed E-state index contributed by atoms with van der Waals surface area (Å²) in [4.78, 5) is 27.5. The number of rotatable bonds is 5. The number of allylic oxidation sites excluding steroid dienone is 1. The molecule has 0 bridgehead atoms. The summed E-state index contributed by atoms with van der Waals surface area (Å²) in [5.74, 6) is 0.429. The maximum atomic E-state index is 12.5. The molecule has 0 aliphatic heterocycles. The van der Waals surface area contributed by atoms with Crippen molar-refractivity contribution in [2.24, 2.45) is 0 Å². The first-order chi connectivity index (χ1) is 13.2. The number of H-pyrrole nitrogens is 1. The fourth-order valence-corrected chi connectivity index (χ4v) is 2.86. The molecule has 0 amide bonds. The van der Waals surface area contributed by atoms with Crippen LogP contribution < -0.4 is 5.69 Å². The molecule has 2 aromatic carbocycles. The van der Waals surface area contributed by atoms with Gasteiger partial charge in [-0.2, -0.15) is 0 Å². The van der Waals surface area contributed by atoms with Gasteiger partial charge in [0.2, 0.25) is 0 Å². The van der Waals surface area contributed by atoms with Crippen molar-refractivity contribution in [2.75, 3.05) is 0 Å². The number of hydrogen-bond donors (Lipinski definition) is 1. The van der Waals surface area contributed by atoms with Gasteiger partial charge in [0, 0.05) is 11.8 Å². The summed E-state index contributed by atoms with van der Waals surface area (Å²) in [6.07, 6.45) is 6.43. The summed E-state index contributed by atoms with van der Waals surface area (Å²) in [6, 6.07) is 20.1. The van der Waals surface area contributed by atoms with Crippen LogP contribution in [-0.2, 0) is 0 Å². The van der Waals surface area contributed by atoms with Crippen LogP contribution in [0.15, 0.2) is 94.5 Å². The Hall–Kier alpha value is -3.86. The molecule has 4 rings (SSSR count). The van der Waals surface area contributed by atoms with E-state index in [2.05, 4.69) is 4.98 Å². The molecule has 0 unspecified atom stereocenters. The van der Waals surface area contributed by atoms with Gasteiger partial charge >= 0.3 is 5.69 Å². The third-order valence-electron chi connectivity index (χ3n) is 4.17. The van der Waals surface area contributed by atoms with E-state index in [0.29, 0.717) is 22.7 Å². The Bertz CT molecular complexity index is 1150. The minimum atomic E-state index is -0.300. The van der Waals surface area contributed by atoms with Gasteiger partial charge in [-0.1, -0.05) is 48.5 Å². The van der Waals surface area contributed by atoms with E-state index in [4.69, 9.17) is 4.42 Å². The Balaban J connectivity index is 1.68. The molecule has 5 nitrogen and oxygen atoms in total. The van der Waals surface area contributed by atoms with Crippen molar-refractivity contribution in [1.82, 2.24) is 9.55 Å². The molecule has 27 heavy (non-hydrogen) atoms. The number of nitrogens with one attached hydrogen (secondary N) is 1. The first-order valence-corrected chi connectivity index (χ1v) is 8.44. The largest absolute Gasteiger partial charge is 0.463 e. The summed E-state index contributed by atoms with van der Waals surface area (Å²) in [5, 5.41) is 0. The molecule has 5 heteroatoms. The molecule has 0 atom stereocenters. The maximum absolute atomic E-state index is 12.5. The van der Waals surface area contributed by atoms with E-state index in [0.717, 1.165) is 5.56 Å². The van der Waals surface area contributed by atoms with Gasteiger partial charge in [-0.05, 0) is 35.9 Å². The number of hydrogen-bond acceptors (Lipinski definition) is 3. The van der Waals surface area contributed by atoms with Gasteiger partial charge in [0.15, 0.2) is 11.5 Å². The monoisotopic (exact) mass is 356 g/mol. The molecular formula is C22H16N2O3. The van der Waals surface area contributed by atoms with Crippen LogP contribution in [0.25, 0.3) is 23.2 Å². The van der Waals surface area contributed by atoms with Gasteiger partial charge in [0.05, 0.1) is 12.0 Å². The third-order valence-corrected chi connectivity index (χ3v) is 4.17. The molecule has 0 saturated heterocycles. The van der Waals surface area contributed by atoms with Crippen LogP contribution in [0.1, 0.15) is 15.9 Å². The lowest BCUT2D eigenvalue weighted by molar-refractivity contribution is 0.104. The first kappa shape index (κ1) is 16.6. The molecular weight excluding hydrogens is 340 g/mol. The van der Waals surface area contributed by atoms with Crippen molar-refractivity contribution in [3.63, 3.8) is 0 Å². The molecule has 2 heterocycles. The van der Waals surface area contributed by atoms with Crippen LogP contribution in [-0.4, -0.2) is 15.3 Å². The lowest BCUT2D eigenvalue weighted by Crippen LogP contribution is -2.16. The molecule has 0 spiro atoms. The van der Waals surface area contributed by atoms with E-state index >= 15 is 0 Å². The number of ketones is 1. The standard InChI is InChI=1S/C22H16N2O3/c25-20(12-11-16-6-2-1-3-7-16)17-8-4-9-18(14-17)24-19(15-23-22(24)26)21-10-5-13-27-21/h1-15H,(H,23,26). The summed E-state index contributed by atoms with van der Waals surface area (Å²) in [5.41, 5.74) is 2.33. The zero-order valence-corrected chi connectivity index (χ0v) is 14.3. The van der Waals surface area contributed by atoms with Crippen molar-refractivity contribution in [3.8, 4) is 17.1 Å². The summed E-state index contributed by atoms with van der Waals surface area (Å²) in [6.45, 7) is 0. The summed E-state index contributed by atoms with van der Waals surface area (Å²) < 4.78 is 6.89. The Morgan fingerprint density at radius 2 is 1.85 bits per heavy atom. The van der Waals surface area contributed by atoms with Crippen LogP contribution in [0.2, 0.25) is 0 Å². The maximum Gasteiger partial charge on any atom is 0.330 e. The van der Waals surface area contributed by atoms with Crippen molar-refractivity contribution >= 4 is 11.9 Å². The molecule has 132 valence electrons. The minimum Gasteiger partial charge on any atom is -0.463 e. The quantitative estimate of drug-likeness (QED) is 0.428. The van der Waals surface area contributed by atoms with E-state index in [1.54, 1.807) is 54.9 Å². The summed E-state index contributed by atoms with van der Waals surface area (Å²) >= 11 is 0. The zero-order chi connectivity index (χ0) is 18.6. The highest BCUT2D eigenvalue weighted by Gasteiger charge is 2.13. The van der Waals surface area contributed by atoms with E-state index in [1.165, 1.54) is 10.6 Å². The predicted octanol–water partition coefficient (Wildman–Crippen LogP) is 4.32. The van der Waals surface area contributed by atoms with E-state index < -0.39 is 0 Å². The highest BCUT2D eigenvalue weighted by Crippen LogP contribution is 2.22. The number of imidazole rings is 1. The number of carbonyl (C=O) groups excluding carboxylic acids is 1. The number of furan rings is 1. The molecule has 2 aromatic heterocycles. The van der Waals surface area contributed by atoms with E-state index in [-0.39, 0.29) is 11.5 Å². The predicted molar refractivity (Wildman–Crippen MR) is 104 cm³/mol. The van der Waals surface area contributed by atoms with Gasteiger partial charge in [0.25, 0.3) is 0 Å². The Morgan fingerprint density at radius 1 is 1.00 bits per heavy atom. The fourth-order valence-electron chi connectivity index (χ4n) is 2.86. The van der Waals surface area contributed by atoms with E-state index in [1.807, 2.05) is 30.3 Å². The van der Waals surface area contributed by atoms with Crippen LogP contribution in [0.5, 0.6) is 0 Å². The molecule has 0 radical (unpaired) electrons. The Labute approximate surface area is 155 Å². The second-order valence-corrected chi connectivity index (χ2v) is 5.95. The van der Waals surface area contributed by atoms with Crippen molar-refractivity contribution < 1.29 is 9.21 Å². The average Bonchev–Trinajstić information content (AvgIpc) is 3.36. The van der Waals surface area contributed by atoms with E-state index in [9.17, 15) is 9.59 Å². The molecule has 4 aromatic rings. The molecule has 0 saturated carbocycles. The van der Waals surface area contributed by atoms with Gasteiger partial charge in [0.1, 0.15) is 5.69 Å². The van der Waals surface area contributed by atoms with Gasteiger partial charge in [-0.3, -0.25) is 9.36 Å². The highest BCUT2D eigenvalue weighted by molar-refractivity contribution is 6.07. The normalized spacial score (nSPS) is 11.1. The number of nitrogens with zero attached hydrogens (tertiary/aromatic N) is 1. The molecule has 1 N–H and O–H groups in total. The Kier molecular flexibility index (Phi) is 4.41. The summed E-state index contributed by atoms with van der Waals surface area (Å²) in [7, 11) is 0. The molecule has 0 fully saturated rings. The lowest BCUT2D eigenvalue weighted by atomic mass is 10.1. The van der Waals surface area contributed by atoms with Gasteiger partial charge in [-0.15, -0.1) is 0 Å². The van der Waals surface area contributed by atoms with Crippen molar-refractivity contribution in [2.45, 2.75) is 0 Å². The second-order valence-electron chi connectivity index (χ2n) is 5.95. The van der Waals surface area contributed by atoms with Crippen LogP contribution >= 0.6 is 0 Å². The number of aromatic nitrogens is 2. The molecule has 0 aliphatic rings. The highest BCUT2D eigenvalue weighted by atomic mass is 16.3. The van der Waals surface area contributed by atoms with Crippen molar-refractivity contribution in [3.05, 3.63) is 107 Å². The molecule has 0 aliphatic carbocycles. The van der Waals surface area contributed by atoms with Crippen molar-refractivity contribution in [1.29, 1.82) is 0 Å². The lowest BCUT2D eigenvalue weighted by Gasteiger charge is -2.07. The fraction of sp³-hybridized carbons (Fsp3) is 0. The van der Waals surface area contributed by atoms with Crippen LogP contribution in [0, 0.1) is 0 Å². The number of aromatic amines is 1.